The molecule has 2 aromatic carbocycles. The molecule has 0 spiro atoms. The summed E-state index contributed by atoms with van der Waals surface area (Å²) in [5.41, 5.74) is 2.04. The smallest absolute Gasteiger partial charge is 0.339 e. The van der Waals surface area contributed by atoms with Crippen LogP contribution >= 0.6 is 0 Å². The van der Waals surface area contributed by atoms with Gasteiger partial charge in [-0.25, -0.2) is 4.79 Å². The lowest BCUT2D eigenvalue weighted by molar-refractivity contribution is -0.143. The van der Waals surface area contributed by atoms with Crippen LogP contribution in [0, 0.1) is 0 Å². The molecule has 0 radical (unpaired) electrons. The minimum atomic E-state index is -0.856. The van der Waals surface area contributed by atoms with Crippen molar-refractivity contribution in [3.05, 3.63) is 83.1 Å². The van der Waals surface area contributed by atoms with Gasteiger partial charge in [0.2, 0.25) is 0 Å². The lowest BCUT2D eigenvalue weighted by Gasteiger charge is -2.48. The van der Waals surface area contributed by atoms with Crippen molar-refractivity contribution in [3.63, 3.8) is 0 Å². The fraction of sp³-hybridized carbons (Fsp3) is 0.464. The maximum atomic E-state index is 13.1. The number of benzene rings is 2. The number of hydrogen-bond donors (Lipinski definition) is 2. The predicted octanol–water partition coefficient (Wildman–Crippen LogP) is 4.74. The van der Waals surface area contributed by atoms with Crippen LogP contribution in [-0.2, 0) is 9.53 Å². The monoisotopic (exact) mass is 464 g/mol. The van der Waals surface area contributed by atoms with E-state index in [0.717, 1.165) is 37.1 Å². The summed E-state index contributed by atoms with van der Waals surface area (Å²) in [4.78, 5) is 17.5. The molecular weight excluding hydrogens is 428 g/mol. The van der Waals surface area contributed by atoms with E-state index in [1.807, 2.05) is 65.6 Å². The first kappa shape index (κ1) is 24.5. The topological polar surface area (TPSA) is 73.2 Å². The lowest BCUT2D eigenvalue weighted by Crippen LogP contribution is -2.55. The van der Waals surface area contributed by atoms with Crippen LogP contribution in [0.2, 0.25) is 0 Å². The predicted molar refractivity (Wildman–Crippen MR) is 132 cm³/mol. The fourth-order valence-electron chi connectivity index (χ4n) is 5.36. The summed E-state index contributed by atoms with van der Waals surface area (Å²) in [5.74, 6) is -0.515. The molecule has 2 N–H and O–H groups in total. The molecule has 2 aliphatic rings. The molecule has 6 nitrogen and oxygen atoms in total. The molecule has 2 aliphatic heterocycles. The van der Waals surface area contributed by atoms with Gasteiger partial charge >= 0.3 is 5.97 Å². The number of carbonyl (C=O) groups excluding carboxylic acids is 1. The van der Waals surface area contributed by atoms with Crippen molar-refractivity contribution in [1.29, 1.82) is 0 Å². The van der Waals surface area contributed by atoms with E-state index in [0.29, 0.717) is 0 Å². The van der Waals surface area contributed by atoms with Gasteiger partial charge in [-0.15, -0.1) is 0 Å². The van der Waals surface area contributed by atoms with E-state index in [9.17, 15) is 15.0 Å². The summed E-state index contributed by atoms with van der Waals surface area (Å²) >= 11 is 0. The van der Waals surface area contributed by atoms with Gasteiger partial charge in [-0.05, 0) is 50.9 Å². The van der Waals surface area contributed by atoms with E-state index in [1.54, 1.807) is 6.92 Å². The van der Waals surface area contributed by atoms with E-state index in [4.69, 9.17) is 4.74 Å². The second-order valence-electron chi connectivity index (χ2n) is 9.22. The van der Waals surface area contributed by atoms with Gasteiger partial charge in [-0.2, -0.15) is 0 Å². The molecule has 2 heterocycles. The third-order valence-corrected chi connectivity index (χ3v) is 7.13. The largest absolute Gasteiger partial charge is 0.512 e. The minimum Gasteiger partial charge on any atom is -0.512 e. The number of likely N-dealkylation sites (tertiary alicyclic amines) is 1. The van der Waals surface area contributed by atoms with Gasteiger partial charge in [0.25, 0.3) is 0 Å². The van der Waals surface area contributed by atoms with E-state index in [2.05, 4.69) is 11.8 Å². The van der Waals surface area contributed by atoms with Crippen molar-refractivity contribution in [1.82, 2.24) is 9.80 Å². The van der Waals surface area contributed by atoms with E-state index in [-0.39, 0.29) is 36.4 Å². The summed E-state index contributed by atoms with van der Waals surface area (Å²) in [5, 5.41) is 23.1. The van der Waals surface area contributed by atoms with Crippen LogP contribution in [0.1, 0.15) is 62.7 Å². The molecule has 0 aliphatic carbocycles. The molecule has 0 bridgehead atoms. The third-order valence-electron chi connectivity index (χ3n) is 7.13. The quantitative estimate of drug-likeness (QED) is 0.577. The maximum Gasteiger partial charge on any atom is 0.339 e. The van der Waals surface area contributed by atoms with Gasteiger partial charge in [-0.1, -0.05) is 67.1 Å². The van der Waals surface area contributed by atoms with Crippen molar-refractivity contribution in [2.45, 2.75) is 63.9 Å². The highest BCUT2D eigenvalue weighted by Gasteiger charge is 2.46. The molecule has 1 fully saturated rings. The number of aliphatic hydroxyl groups excluding tert-OH is 2. The molecule has 182 valence electrons. The second-order valence-corrected chi connectivity index (χ2v) is 9.22. The average Bonchev–Trinajstić information content (AvgIpc) is 2.88. The highest BCUT2D eigenvalue weighted by atomic mass is 16.5. The first-order valence-corrected chi connectivity index (χ1v) is 12.4. The first-order chi connectivity index (χ1) is 16.5. The molecule has 4 rings (SSSR count). The fourth-order valence-corrected chi connectivity index (χ4v) is 5.36. The Morgan fingerprint density at radius 2 is 1.59 bits per heavy atom. The molecule has 6 heteroatoms. The van der Waals surface area contributed by atoms with Gasteiger partial charge in [0.15, 0.2) is 0 Å². The first-order valence-electron chi connectivity index (χ1n) is 12.4. The number of ether oxygens (including phenoxy) is 1. The number of aliphatic hydroxyl groups is 2. The molecule has 1 saturated heterocycles. The van der Waals surface area contributed by atoms with Crippen LogP contribution < -0.4 is 0 Å². The molecule has 34 heavy (non-hydrogen) atoms. The van der Waals surface area contributed by atoms with Gasteiger partial charge in [0.1, 0.15) is 12.0 Å². The van der Waals surface area contributed by atoms with Crippen molar-refractivity contribution in [2.75, 3.05) is 19.7 Å². The zero-order valence-electron chi connectivity index (χ0n) is 20.1. The molecule has 4 unspecified atom stereocenters. The average molecular weight is 465 g/mol. The summed E-state index contributed by atoms with van der Waals surface area (Å²) < 4.78 is 5.37. The molecule has 2 aromatic rings. The zero-order valence-corrected chi connectivity index (χ0v) is 20.1. The van der Waals surface area contributed by atoms with Crippen LogP contribution in [0.4, 0.5) is 0 Å². The summed E-state index contributed by atoms with van der Waals surface area (Å²) in [6.45, 7) is 5.93. The van der Waals surface area contributed by atoms with Gasteiger partial charge < -0.3 is 14.9 Å². The van der Waals surface area contributed by atoms with Crippen molar-refractivity contribution < 1.29 is 19.7 Å². The van der Waals surface area contributed by atoms with E-state index < -0.39 is 18.2 Å². The highest BCUT2D eigenvalue weighted by Crippen LogP contribution is 2.46. The molecule has 0 aromatic heterocycles. The van der Waals surface area contributed by atoms with Gasteiger partial charge in [0, 0.05) is 18.5 Å². The van der Waals surface area contributed by atoms with Crippen LogP contribution in [0.3, 0.4) is 0 Å². The summed E-state index contributed by atoms with van der Waals surface area (Å²) in [6.07, 6.45) is 2.83. The number of esters is 1. The van der Waals surface area contributed by atoms with Gasteiger partial charge in [0.05, 0.1) is 18.2 Å². The van der Waals surface area contributed by atoms with Crippen LogP contribution in [-0.4, -0.2) is 57.9 Å². The van der Waals surface area contributed by atoms with E-state index in [1.165, 1.54) is 6.42 Å². The number of hydrogen-bond acceptors (Lipinski definition) is 6. The highest BCUT2D eigenvalue weighted by molar-refractivity contribution is 5.91. The molecule has 0 amide bonds. The maximum absolute atomic E-state index is 13.1. The number of rotatable bonds is 7. The SMILES string of the molecule is CCOC(=O)C1=C(O)CC(c2ccccc2)N(C(O)C(C)N2CCCCC2)C1c1ccccc1. The third kappa shape index (κ3) is 5.04. The van der Waals surface area contributed by atoms with Crippen molar-refractivity contribution in [2.24, 2.45) is 0 Å². The Balaban J connectivity index is 1.83. The Morgan fingerprint density at radius 3 is 2.18 bits per heavy atom. The number of carbonyl (C=O) groups is 1. The van der Waals surface area contributed by atoms with Crippen molar-refractivity contribution in [3.8, 4) is 0 Å². The zero-order chi connectivity index (χ0) is 24.1. The van der Waals surface area contributed by atoms with Crippen LogP contribution in [0.5, 0.6) is 0 Å². The summed E-state index contributed by atoms with van der Waals surface area (Å²) in [6, 6.07) is 18.5. The summed E-state index contributed by atoms with van der Waals surface area (Å²) in [7, 11) is 0. The Kier molecular flexibility index (Phi) is 8.03. The molecule has 0 saturated carbocycles. The Hall–Kier alpha value is -2.67. The standard InChI is InChI=1S/C28H36N2O4/c1-3-34-28(33)25-24(31)19-23(21-13-7-4-8-14-21)30(26(25)22-15-9-5-10-16-22)27(32)20(2)29-17-11-6-12-18-29/h4-5,7-10,13-16,20,23,26-27,31-32H,3,6,11-12,17-19H2,1-2H3. The Bertz CT molecular complexity index is 972. The number of nitrogens with zero attached hydrogens (tertiary/aromatic N) is 2. The lowest BCUT2D eigenvalue weighted by atomic mass is 9.84. The number of piperidine rings is 1. The Morgan fingerprint density at radius 1 is 1.00 bits per heavy atom. The van der Waals surface area contributed by atoms with Crippen LogP contribution in [0.15, 0.2) is 72.0 Å². The van der Waals surface area contributed by atoms with Gasteiger partial charge in [-0.3, -0.25) is 9.80 Å². The molecular formula is C28H36N2O4. The van der Waals surface area contributed by atoms with E-state index >= 15 is 0 Å². The normalized spacial score (nSPS) is 24.0. The molecule has 4 atom stereocenters. The Labute approximate surface area is 202 Å². The van der Waals surface area contributed by atoms with Crippen LogP contribution in [0.25, 0.3) is 0 Å². The van der Waals surface area contributed by atoms with Crippen molar-refractivity contribution >= 4 is 5.97 Å². The minimum absolute atomic E-state index is 0.0234. The second kappa shape index (κ2) is 11.2.